The van der Waals surface area contributed by atoms with Crippen LogP contribution in [0.2, 0.25) is 0 Å². The summed E-state index contributed by atoms with van der Waals surface area (Å²) in [5.74, 6) is -0.628. The molecule has 0 saturated carbocycles. The van der Waals surface area contributed by atoms with Crippen LogP contribution in [-0.4, -0.2) is 38.4 Å². The zero-order valence-electron chi connectivity index (χ0n) is 11.3. The molecule has 0 bridgehead atoms. The molecule has 1 atom stereocenters. The summed E-state index contributed by atoms with van der Waals surface area (Å²) in [4.78, 5) is 11.2. The molecule has 0 aromatic heterocycles. The molecule has 3 N–H and O–H groups in total. The van der Waals surface area contributed by atoms with Gasteiger partial charge in [-0.15, -0.1) is 0 Å². The van der Waals surface area contributed by atoms with Crippen molar-refractivity contribution >= 4 is 5.97 Å². The van der Waals surface area contributed by atoms with Crippen LogP contribution in [0.25, 0.3) is 0 Å². The monoisotopic (exact) mass is 269 g/mol. The van der Waals surface area contributed by atoms with E-state index in [-0.39, 0.29) is 6.54 Å². The van der Waals surface area contributed by atoms with Gasteiger partial charge in [0.1, 0.15) is 0 Å². The van der Waals surface area contributed by atoms with Crippen molar-refractivity contribution < 1.29 is 24.1 Å². The SMILES string of the molecule is CCOc1c(C(CN)C(=O)O)ccc(OC)c1OC. The van der Waals surface area contributed by atoms with E-state index in [1.807, 2.05) is 0 Å². The predicted octanol–water partition coefficient (Wildman–Crippen LogP) is 1.23. The van der Waals surface area contributed by atoms with Crippen molar-refractivity contribution in [3.63, 3.8) is 0 Å². The third-order valence-corrected chi connectivity index (χ3v) is 2.73. The number of nitrogens with two attached hydrogens (primary N) is 1. The Labute approximate surface area is 112 Å². The summed E-state index contributed by atoms with van der Waals surface area (Å²) in [5, 5.41) is 9.20. The molecule has 0 aliphatic rings. The number of methoxy groups -OCH3 is 2. The van der Waals surface area contributed by atoms with Gasteiger partial charge < -0.3 is 25.1 Å². The lowest BCUT2D eigenvalue weighted by atomic mass is 9.97. The number of rotatable bonds is 7. The van der Waals surface area contributed by atoms with Crippen molar-refractivity contribution in [2.24, 2.45) is 5.73 Å². The minimum atomic E-state index is -1.00. The van der Waals surface area contributed by atoms with E-state index in [4.69, 9.17) is 19.9 Å². The van der Waals surface area contributed by atoms with Gasteiger partial charge in [0.05, 0.1) is 26.7 Å². The van der Waals surface area contributed by atoms with Crippen LogP contribution in [0.4, 0.5) is 0 Å². The maximum atomic E-state index is 11.2. The smallest absolute Gasteiger partial charge is 0.312 e. The summed E-state index contributed by atoms with van der Waals surface area (Å²) in [6.07, 6.45) is 0. The highest BCUT2D eigenvalue weighted by molar-refractivity contribution is 5.78. The average molecular weight is 269 g/mol. The topological polar surface area (TPSA) is 91.0 Å². The molecule has 0 radical (unpaired) electrons. The number of aliphatic carboxylic acids is 1. The second-order valence-electron chi connectivity index (χ2n) is 3.78. The van der Waals surface area contributed by atoms with E-state index in [1.165, 1.54) is 14.2 Å². The molecule has 0 saturated heterocycles. The van der Waals surface area contributed by atoms with Gasteiger partial charge in [0.25, 0.3) is 0 Å². The van der Waals surface area contributed by atoms with Gasteiger partial charge in [-0.05, 0) is 13.0 Å². The number of carbonyl (C=O) groups is 1. The van der Waals surface area contributed by atoms with Crippen LogP contribution in [0, 0.1) is 0 Å². The van der Waals surface area contributed by atoms with E-state index in [0.29, 0.717) is 29.4 Å². The van der Waals surface area contributed by atoms with Crippen LogP contribution in [0.3, 0.4) is 0 Å². The Morgan fingerprint density at radius 1 is 1.32 bits per heavy atom. The van der Waals surface area contributed by atoms with Crippen LogP contribution < -0.4 is 19.9 Å². The van der Waals surface area contributed by atoms with Gasteiger partial charge in [-0.3, -0.25) is 4.79 Å². The van der Waals surface area contributed by atoms with Crippen LogP contribution in [-0.2, 0) is 4.79 Å². The Balaban J connectivity index is 3.42. The minimum Gasteiger partial charge on any atom is -0.493 e. The number of hydrogen-bond donors (Lipinski definition) is 2. The fraction of sp³-hybridized carbons (Fsp3) is 0.462. The Morgan fingerprint density at radius 2 is 2.00 bits per heavy atom. The highest BCUT2D eigenvalue weighted by Crippen LogP contribution is 2.42. The fourth-order valence-corrected chi connectivity index (χ4v) is 1.84. The van der Waals surface area contributed by atoms with Crippen molar-refractivity contribution in [3.8, 4) is 17.2 Å². The average Bonchev–Trinajstić information content (AvgIpc) is 2.40. The van der Waals surface area contributed by atoms with E-state index in [1.54, 1.807) is 19.1 Å². The van der Waals surface area contributed by atoms with Gasteiger partial charge in [-0.2, -0.15) is 0 Å². The summed E-state index contributed by atoms with van der Waals surface area (Å²) in [7, 11) is 2.98. The van der Waals surface area contributed by atoms with Crippen LogP contribution in [0.15, 0.2) is 12.1 Å². The van der Waals surface area contributed by atoms with Gasteiger partial charge >= 0.3 is 5.97 Å². The Hall–Kier alpha value is -1.95. The minimum absolute atomic E-state index is 0.0229. The molecule has 0 aliphatic carbocycles. The molecule has 1 rings (SSSR count). The summed E-state index contributed by atoms with van der Waals surface area (Å²) in [6.45, 7) is 2.17. The zero-order chi connectivity index (χ0) is 14.4. The first-order valence-electron chi connectivity index (χ1n) is 5.91. The number of carboxylic acids is 1. The fourth-order valence-electron chi connectivity index (χ4n) is 1.84. The molecular formula is C13H19NO5. The number of hydrogen-bond acceptors (Lipinski definition) is 5. The number of ether oxygens (including phenoxy) is 3. The standard InChI is InChI=1S/C13H19NO5/c1-4-19-11-8(9(7-14)13(15)16)5-6-10(17-2)12(11)18-3/h5-6,9H,4,7,14H2,1-3H3,(H,15,16). The molecule has 6 heteroatoms. The number of carboxylic acid groups (broad SMARTS) is 1. The van der Waals surface area contributed by atoms with Gasteiger partial charge in [-0.1, -0.05) is 6.07 Å². The third-order valence-electron chi connectivity index (χ3n) is 2.73. The van der Waals surface area contributed by atoms with Gasteiger partial charge in [-0.25, -0.2) is 0 Å². The lowest BCUT2D eigenvalue weighted by Gasteiger charge is -2.19. The molecular weight excluding hydrogens is 250 g/mol. The molecule has 0 heterocycles. The predicted molar refractivity (Wildman–Crippen MR) is 70.1 cm³/mol. The molecule has 0 aliphatic heterocycles. The summed E-state index contributed by atoms with van der Waals surface area (Å²) in [5.41, 5.74) is 6.01. The first kappa shape index (κ1) is 15.1. The van der Waals surface area contributed by atoms with E-state index in [9.17, 15) is 9.90 Å². The molecule has 106 valence electrons. The van der Waals surface area contributed by atoms with Crippen LogP contribution in [0.5, 0.6) is 17.2 Å². The highest BCUT2D eigenvalue weighted by atomic mass is 16.5. The lowest BCUT2D eigenvalue weighted by molar-refractivity contribution is -0.138. The maximum absolute atomic E-state index is 11.2. The normalized spacial score (nSPS) is 11.8. The molecule has 0 spiro atoms. The van der Waals surface area contributed by atoms with Crippen LogP contribution >= 0.6 is 0 Å². The van der Waals surface area contributed by atoms with E-state index in [2.05, 4.69) is 0 Å². The lowest BCUT2D eigenvalue weighted by Crippen LogP contribution is -2.22. The Morgan fingerprint density at radius 3 is 2.42 bits per heavy atom. The van der Waals surface area contributed by atoms with E-state index in [0.717, 1.165) is 0 Å². The molecule has 0 fully saturated rings. The Bertz CT molecular complexity index is 447. The van der Waals surface area contributed by atoms with Gasteiger partial charge in [0, 0.05) is 12.1 Å². The third kappa shape index (κ3) is 3.08. The Kier molecular flexibility index (Phi) is 5.44. The molecule has 19 heavy (non-hydrogen) atoms. The van der Waals surface area contributed by atoms with Crippen molar-refractivity contribution in [3.05, 3.63) is 17.7 Å². The van der Waals surface area contributed by atoms with Crippen molar-refractivity contribution in [1.29, 1.82) is 0 Å². The summed E-state index contributed by atoms with van der Waals surface area (Å²) >= 11 is 0. The molecule has 1 aromatic carbocycles. The van der Waals surface area contributed by atoms with Gasteiger partial charge in [0.15, 0.2) is 11.5 Å². The summed E-state index contributed by atoms with van der Waals surface area (Å²) < 4.78 is 15.9. The van der Waals surface area contributed by atoms with Crippen molar-refractivity contribution in [2.45, 2.75) is 12.8 Å². The molecule has 1 unspecified atom stereocenters. The zero-order valence-corrected chi connectivity index (χ0v) is 11.3. The number of benzene rings is 1. The summed E-state index contributed by atoms with van der Waals surface area (Å²) in [6, 6.07) is 3.28. The van der Waals surface area contributed by atoms with E-state index >= 15 is 0 Å². The second kappa shape index (κ2) is 6.84. The first-order chi connectivity index (χ1) is 9.10. The quantitative estimate of drug-likeness (QED) is 0.773. The van der Waals surface area contributed by atoms with Crippen LogP contribution in [0.1, 0.15) is 18.4 Å². The first-order valence-corrected chi connectivity index (χ1v) is 5.91. The van der Waals surface area contributed by atoms with E-state index < -0.39 is 11.9 Å². The second-order valence-corrected chi connectivity index (χ2v) is 3.78. The van der Waals surface area contributed by atoms with Crippen molar-refractivity contribution in [2.75, 3.05) is 27.4 Å². The largest absolute Gasteiger partial charge is 0.493 e. The molecule has 1 aromatic rings. The molecule has 0 amide bonds. The highest BCUT2D eigenvalue weighted by Gasteiger charge is 2.26. The van der Waals surface area contributed by atoms with Gasteiger partial charge in [0.2, 0.25) is 5.75 Å². The van der Waals surface area contributed by atoms with Crippen molar-refractivity contribution in [1.82, 2.24) is 0 Å². The molecule has 6 nitrogen and oxygen atoms in total. The maximum Gasteiger partial charge on any atom is 0.312 e.